The van der Waals surface area contributed by atoms with Crippen molar-refractivity contribution in [2.45, 2.75) is 12.8 Å². The second-order valence-corrected chi connectivity index (χ2v) is 5.34. The maximum atomic E-state index is 11.9. The van der Waals surface area contributed by atoms with Gasteiger partial charge in [-0.1, -0.05) is 60.1 Å². The van der Waals surface area contributed by atoms with E-state index in [0.717, 1.165) is 12.0 Å². The number of carbonyl (C=O) groups excluding carboxylic acids is 1. The number of nitrogens with zero attached hydrogens (tertiary/aromatic N) is 1. The minimum absolute atomic E-state index is 0.288. The molecule has 0 spiro atoms. The molecule has 2 aromatic carbocycles. The lowest BCUT2D eigenvalue weighted by Gasteiger charge is -1.99. The minimum atomic E-state index is -0.428. The lowest BCUT2D eigenvalue weighted by molar-refractivity contribution is -0.130. The lowest BCUT2D eigenvalue weighted by atomic mass is 10.1. The number of aryl methyl sites for hydroxylation is 1. The third-order valence-electron chi connectivity index (χ3n) is 3.33. The van der Waals surface area contributed by atoms with E-state index in [0.29, 0.717) is 17.3 Å². The Morgan fingerprint density at radius 3 is 2.50 bits per heavy atom. The summed E-state index contributed by atoms with van der Waals surface area (Å²) in [7, 11) is 0. The van der Waals surface area contributed by atoms with Crippen molar-refractivity contribution in [2.75, 3.05) is 0 Å². The van der Waals surface area contributed by atoms with Crippen LogP contribution < -0.4 is 0 Å². The van der Waals surface area contributed by atoms with Crippen molar-refractivity contribution < 1.29 is 9.53 Å². The zero-order chi connectivity index (χ0) is 15.4. The number of hydrogen-bond donors (Lipinski definition) is 0. The second kappa shape index (κ2) is 6.58. The number of hydrogen-bond acceptors (Lipinski definition) is 3. The number of halogens is 1. The summed E-state index contributed by atoms with van der Waals surface area (Å²) in [6.45, 7) is 0. The number of rotatable bonds is 4. The van der Waals surface area contributed by atoms with Crippen LogP contribution in [0.15, 0.2) is 65.3 Å². The van der Waals surface area contributed by atoms with Crippen LogP contribution in [0.5, 0.6) is 0 Å². The Morgan fingerprint density at radius 2 is 1.73 bits per heavy atom. The van der Waals surface area contributed by atoms with E-state index >= 15 is 0 Å². The number of carbonyl (C=O) groups is 1. The van der Waals surface area contributed by atoms with E-state index in [1.54, 1.807) is 12.1 Å². The highest BCUT2D eigenvalue weighted by molar-refractivity contribution is 6.32. The van der Waals surface area contributed by atoms with Gasteiger partial charge in [-0.2, -0.15) is 0 Å². The van der Waals surface area contributed by atoms with Crippen molar-refractivity contribution >= 4 is 29.5 Å². The summed E-state index contributed by atoms with van der Waals surface area (Å²) in [5.41, 5.74) is 2.23. The highest BCUT2D eigenvalue weighted by Gasteiger charge is 2.22. The molecular weight excluding hydrogens is 298 g/mol. The van der Waals surface area contributed by atoms with Crippen LogP contribution in [0.3, 0.4) is 0 Å². The van der Waals surface area contributed by atoms with Crippen molar-refractivity contribution in [3.63, 3.8) is 0 Å². The normalized spacial score (nSPS) is 15.8. The van der Waals surface area contributed by atoms with Crippen LogP contribution in [-0.2, 0) is 16.0 Å². The van der Waals surface area contributed by atoms with Crippen LogP contribution in [0.4, 0.5) is 0 Å². The van der Waals surface area contributed by atoms with E-state index in [9.17, 15) is 4.79 Å². The van der Waals surface area contributed by atoms with Gasteiger partial charge in [0.2, 0.25) is 0 Å². The van der Waals surface area contributed by atoms with Gasteiger partial charge in [-0.25, -0.2) is 9.79 Å². The highest BCUT2D eigenvalue weighted by Crippen LogP contribution is 2.22. The van der Waals surface area contributed by atoms with E-state index in [-0.39, 0.29) is 5.70 Å². The molecule has 110 valence electrons. The number of benzene rings is 2. The highest BCUT2D eigenvalue weighted by atomic mass is 35.5. The molecule has 3 rings (SSSR count). The van der Waals surface area contributed by atoms with Crippen LogP contribution in [0.25, 0.3) is 6.08 Å². The zero-order valence-corrected chi connectivity index (χ0v) is 12.6. The third-order valence-corrected chi connectivity index (χ3v) is 3.68. The molecule has 1 heterocycles. The fraction of sp³-hybridized carbons (Fsp3) is 0.111. The monoisotopic (exact) mass is 311 g/mol. The van der Waals surface area contributed by atoms with E-state index in [2.05, 4.69) is 4.99 Å². The quantitative estimate of drug-likeness (QED) is 0.625. The van der Waals surface area contributed by atoms with E-state index in [4.69, 9.17) is 16.3 Å². The summed E-state index contributed by atoms with van der Waals surface area (Å²) >= 11 is 6.08. The van der Waals surface area contributed by atoms with Gasteiger partial charge in [0.25, 0.3) is 0 Å². The Hall–Kier alpha value is -2.39. The van der Waals surface area contributed by atoms with Gasteiger partial charge in [0.1, 0.15) is 0 Å². The van der Waals surface area contributed by atoms with E-state index in [1.165, 1.54) is 5.56 Å². The van der Waals surface area contributed by atoms with E-state index < -0.39 is 5.97 Å². The third kappa shape index (κ3) is 3.43. The Labute approximate surface area is 133 Å². The first kappa shape index (κ1) is 14.5. The predicted molar refractivity (Wildman–Crippen MR) is 87.7 cm³/mol. The fourth-order valence-corrected chi connectivity index (χ4v) is 2.39. The molecule has 0 bridgehead atoms. The summed E-state index contributed by atoms with van der Waals surface area (Å²) in [6, 6.07) is 17.3. The van der Waals surface area contributed by atoms with Gasteiger partial charge in [0.05, 0.1) is 0 Å². The van der Waals surface area contributed by atoms with Gasteiger partial charge >= 0.3 is 5.97 Å². The first-order chi connectivity index (χ1) is 10.7. The summed E-state index contributed by atoms with van der Waals surface area (Å²) in [6.07, 6.45) is 3.03. The molecule has 22 heavy (non-hydrogen) atoms. The van der Waals surface area contributed by atoms with Crippen LogP contribution >= 0.6 is 11.6 Å². The molecule has 1 aliphatic rings. The Bertz CT molecular complexity index is 751. The van der Waals surface area contributed by atoms with Crippen molar-refractivity contribution in [3.8, 4) is 0 Å². The number of esters is 1. The van der Waals surface area contributed by atoms with Gasteiger partial charge in [-0.15, -0.1) is 0 Å². The molecule has 0 saturated carbocycles. The largest absolute Gasteiger partial charge is 0.407 e. The molecule has 0 aliphatic carbocycles. The molecule has 0 amide bonds. The molecule has 3 nitrogen and oxygen atoms in total. The molecule has 0 radical (unpaired) electrons. The number of aliphatic imine (C=N–C) groups is 1. The van der Waals surface area contributed by atoms with Crippen LogP contribution in [0.1, 0.15) is 17.5 Å². The standard InChI is InChI=1S/C18H14ClNO2/c19-15-9-5-4-8-14(15)12-16-18(21)22-17(20-16)11-10-13-6-2-1-3-7-13/h1-9,12H,10-11H2/b16-12-. The predicted octanol–water partition coefficient (Wildman–Crippen LogP) is 4.27. The van der Waals surface area contributed by atoms with Gasteiger partial charge < -0.3 is 4.74 Å². The van der Waals surface area contributed by atoms with Crippen molar-refractivity contribution in [2.24, 2.45) is 4.99 Å². The molecule has 0 unspecified atom stereocenters. The molecule has 0 saturated heterocycles. The van der Waals surface area contributed by atoms with Gasteiger partial charge in [0, 0.05) is 11.4 Å². The van der Waals surface area contributed by atoms with E-state index in [1.807, 2.05) is 48.5 Å². The molecular formula is C18H14ClNO2. The average Bonchev–Trinajstić information content (AvgIpc) is 2.89. The molecule has 1 aliphatic heterocycles. The van der Waals surface area contributed by atoms with Crippen LogP contribution in [-0.4, -0.2) is 11.9 Å². The van der Waals surface area contributed by atoms with Crippen LogP contribution in [0, 0.1) is 0 Å². The first-order valence-corrected chi connectivity index (χ1v) is 7.40. The zero-order valence-electron chi connectivity index (χ0n) is 11.8. The lowest BCUT2D eigenvalue weighted by Crippen LogP contribution is -2.05. The van der Waals surface area contributed by atoms with Gasteiger partial charge in [-0.05, 0) is 29.7 Å². The van der Waals surface area contributed by atoms with Crippen molar-refractivity contribution in [1.82, 2.24) is 0 Å². The SMILES string of the molecule is O=C1OC(CCc2ccccc2)=N/C1=C\c1ccccc1Cl. The molecule has 0 aromatic heterocycles. The summed E-state index contributed by atoms with van der Waals surface area (Å²) < 4.78 is 5.21. The van der Waals surface area contributed by atoms with Crippen LogP contribution in [0.2, 0.25) is 5.02 Å². The van der Waals surface area contributed by atoms with Gasteiger partial charge in [0.15, 0.2) is 11.6 Å². The summed E-state index contributed by atoms with van der Waals surface area (Å²) in [5, 5.41) is 0.579. The summed E-state index contributed by atoms with van der Waals surface area (Å²) in [5.74, 6) is 0.0233. The Kier molecular flexibility index (Phi) is 4.35. The van der Waals surface area contributed by atoms with Gasteiger partial charge in [-0.3, -0.25) is 0 Å². The molecule has 0 atom stereocenters. The number of ether oxygens (including phenoxy) is 1. The Balaban J connectivity index is 1.73. The average molecular weight is 312 g/mol. The Morgan fingerprint density at radius 1 is 1.00 bits per heavy atom. The maximum absolute atomic E-state index is 11.9. The van der Waals surface area contributed by atoms with Crippen molar-refractivity contribution in [1.29, 1.82) is 0 Å². The topological polar surface area (TPSA) is 38.7 Å². The second-order valence-electron chi connectivity index (χ2n) is 4.93. The minimum Gasteiger partial charge on any atom is -0.407 e. The molecule has 0 N–H and O–H groups in total. The molecule has 4 heteroatoms. The molecule has 2 aromatic rings. The molecule has 0 fully saturated rings. The van der Waals surface area contributed by atoms with Crippen molar-refractivity contribution in [3.05, 3.63) is 76.4 Å². The number of cyclic esters (lactones) is 1. The first-order valence-electron chi connectivity index (χ1n) is 7.02. The maximum Gasteiger partial charge on any atom is 0.363 e. The summed E-state index contributed by atoms with van der Waals surface area (Å²) in [4.78, 5) is 16.1. The fourth-order valence-electron chi connectivity index (χ4n) is 2.20. The smallest absolute Gasteiger partial charge is 0.363 e.